The summed E-state index contributed by atoms with van der Waals surface area (Å²) in [6.45, 7) is 0.142. The quantitative estimate of drug-likeness (QED) is 0.907. The SMILES string of the molecule is Cn1ncc(Cl)c1C(O)COc1ccccc1. The largest absolute Gasteiger partial charge is 0.490 e. The van der Waals surface area contributed by atoms with Crippen LogP contribution in [0.2, 0.25) is 5.02 Å². The van der Waals surface area contributed by atoms with E-state index in [1.807, 2.05) is 30.3 Å². The molecule has 17 heavy (non-hydrogen) atoms. The van der Waals surface area contributed by atoms with Crippen molar-refractivity contribution in [3.63, 3.8) is 0 Å². The fourth-order valence-electron chi connectivity index (χ4n) is 1.57. The maximum atomic E-state index is 9.96. The Kier molecular flexibility index (Phi) is 3.66. The van der Waals surface area contributed by atoms with Gasteiger partial charge in [-0.05, 0) is 12.1 Å². The van der Waals surface area contributed by atoms with Gasteiger partial charge in [0.2, 0.25) is 0 Å². The van der Waals surface area contributed by atoms with Crippen LogP contribution in [0.15, 0.2) is 36.5 Å². The number of aliphatic hydroxyl groups is 1. The molecule has 0 fully saturated rings. The molecule has 0 bridgehead atoms. The maximum absolute atomic E-state index is 9.96. The summed E-state index contributed by atoms with van der Waals surface area (Å²) in [5.74, 6) is 0.713. The fourth-order valence-corrected chi connectivity index (χ4v) is 1.86. The van der Waals surface area contributed by atoms with Crippen LogP contribution >= 0.6 is 11.6 Å². The van der Waals surface area contributed by atoms with Crippen LogP contribution in [0.3, 0.4) is 0 Å². The van der Waals surface area contributed by atoms with Crippen molar-refractivity contribution in [3.8, 4) is 5.75 Å². The molecule has 0 radical (unpaired) electrons. The van der Waals surface area contributed by atoms with E-state index in [1.54, 1.807) is 11.7 Å². The molecule has 1 aromatic heterocycles. The zero-order valence-corrected chi connectivity index (χ0v) is 10.1. The molecule has 0 aliphatic heterocycles. The number of aryl methyl sites for hydroxylation is 1. The zero-order chi connectivity index (χ0) is 12.3. The lowest BCUT2D eigenvalue weighted by molar-refractivity contribution is 0.101. The predicted molar refractivity (Wildman–Crippen MR) is 65.1 cm³/mol. The van der Waals surface area contributed by atoms with Gasteiger partial charge < -0.3 is 9.84 Å². The molecule has 2 rings (SSSR count). The second kappa shape index (κ2) is 5.21. The summed E-state index contributed by atoms with van der Waals surface area (Å²) >= 11 is 5.92. The second-order valence-corrected chi connectivity index (χ2v) is 4.05. The van der Waals surface area contributed by atoms with Crippen LogP contribution < -0.4 is 4.74 Å². The first kappa shape index (κ1) is 12.0. The average Bonchev–Trinajstić information content (AvgIpc) is 2.67. The zero-order valence-electron chi connectivity index (χ0n) is 9.38. The highest BCUT2D eigenvalue weighted by molar-refractivity contribution is 6.31. The summed E-state index contributed by atoms with van der Waals surface area (Å²) in [6.07, 6.45) is 0.706. The van der Waals surface area contributed by atoms with Gasteiger partial charge in [-0.3, -0.25) is 4.68 Å². The minimum absolute atomic E-state index is 0.142. The summed E-state index contributed by atoms with van der Waals surface area (Å²) in [5.41, 5.74) is 0.558. The molecule has 0 saturated heterocycles. The van der Waals surface area contributed by atoms with Crippen LogP contribution in [0, 0.1) is 0 Å². The maximum Gasteiger partial charge on any atom is 0.131 e. The van der Waals surface area contributed by atoms with Crippen molar-refractivity contribution in [2.45, 2.75) is 6.10 Å². The first-order valence-electron chi connectivity index (χ1n) is 5.22. The lowest BCUT2D eigenvalue weighted by Crippen LogP contribution is -2.13. The molecule has 1 unspecified atom stereocenters. The minimum Gasteiger partial charge on any atom is -0.490 e. The number of nitrogens with zero attached hydrogens (tertiary/aromatic N) is 2. The van der Waals surface area contributed by atoms with Gasteiger partial charge in [0.25, 0.3) is 0 Å². The molecular formula is C12H13ClN2O2. The summed E-state index contributed by atoms with van der Waals surface area (Å²) < 4.78 is 6.99. The second-order valence-electron chi connectivity index (χ2n) is 3.64. The monoisotopic (exact) mass is 252 g/mol. The van der Waals surface area contributed by atoms with Crippen molar-refractivity contribution in [1.29, 1.82) is 0 Å². The molecule has 4 nitrogen and oxygen atoms in total. The normalized spacial score (nSPS) is 12.4. The first-order valence-corrected chi connectivity index (χ1v) is 5.59. The third-order valence-electron chi connectivity index (χ3n) is 2.40. The van der Waals surface area contributed by atoms with Crippen LogP contribution in [0.4, 0.5) is 0 Å². The number of hydrogen-bond donors (Lipinski definition) is 1. The molecule has 1 N–H and O–H groups in total. The Morgan fingerprint density at radius 2 is 2.12 bits per heavy atom. The average molecular weight is 253 g/mol. The molecule has 1 atom stereocenters. The van der Waals surface area contributed by atoms with E-state index in [1.165, 1.54) is 6.20 Å². The Labute approximate surface area is 104 Å². The van der Waals surface area contributed by atoms with Crippen molar-refractivity contribution in [2.75, 3.05) is 6.61 Å². The van der Waals surface area contributed by atoms with Gasteiger partial charge in [-0.1, -0.05) is 29.8 Å². The van der Waals surface area contributed by atoms with E-state index >= 15 is 0 Å². The molecule has 90 valence electrons. The number of aliphatic hydroxyl groups excluding tert-OH is 1. The van der Waals surface area contributed by atoms with Gasteiger partial charge in [0.05, 0.1) is 16.9 Å². The van der Waals surface area contributed by atoms with Crippen molar-refractivity contribution < 1.29 is 9.84 Å². The van der Waals surface area contributed by atoms with Crippen molar-refractivity contribution in [2.24, 2.45) is 7.05 Å². The van der Waals surface area contributed by atoms with E-state index in [9.17, 15) is 5.11 Å². The Balaban J connectivity index is 2.01. The highest BCUT2D eigenvalue weighted by Gasteiger charge is 2.16. The number of halogens is 1. The van der Waals surface area contributed by atoms with Gasteiger partial charge in [-0.2, -0.15) is 5.10 Å². The summed E-state index contributed by atoms with van der Waals surface area (Å²) in [6, 6.07) is 9.31. The van der Waals surface area contributed by atoms with Crippen LogP contribution in [0.1, 0.15) is 11.8 Å². The molecule has 0 saturated carbocycles. The van der Waals surface area contributed by atoms with Crippen LogP contribution in [-0.4, -0.2) is 21.5 Å². The van der Waals surface area contributed by atoms with Gasteiger partial charge in [-0.25, -0.2) is 0 Å². The van der Waals surface area contributed by atoms with Gasteiger partial charge in [0.1, 0.15) is 18.5 Å². The summed E-state index contributed by atoms with van der Waals surface area (Å²) in [4.78, 5) is 0. The summed E-state index contributed by atoms with van der Waals surface area (Å²) in [7, 11) is 1.73. The van der Waals surface area contributed by atoms with Crippen LogP contribution in [0.5, 0.6) is 5.75 Å². The van der Waals surface area contributed by atoms with Crippen molar-refractivity contribution in [3.05, 3.63) is 47.2 Å². The predicted octanol–water partition coefficient (Wildman–Crippen LogP) is 2.19. The van der Waals surface area contributed by atoms with Gasteiger partial charge in [0.15, 0.2) is 0 Å². The molecule has 0 aliphatic rings. The fraction of sp³-hybridized carbons (Fsp3) is 0.250. The molecule has 5 heteroatoms. The Morgan fingerprint density at radius 1 is 1.41 bits per heavy atom. The number of benzene rings is 1. The topological polar surface area (TPSA) is 47.3 Å². The lowest BCUT2D eigenvalue weighted by atomic mass is 10.2. The third-order valence-corrected chi connectivity index (χ3v) is 2.70. The number of para-hydroxylation sites is 1. The first-order chi connectivity index (χ1) is 8.18. The highest BCUT2D eigenvalue weighted by atomic mass is 35.5. The molecular weight excluding hydrogens is 240 g/mol. The molecule has 1 aromatic carbocycles. The lowest BCUT2D eigenvalue weighted by Gasteiger charge is -2.13. The van der Waals surface area contributed by atoms with E-state index in [4.69, 9.17) is 16.3 Å². The minimum atomic E-state index is -0.796. The number of rotatable bonds is 4. The Bertz CT molecular complexity index is 465. The van der Waals surface area contributed by atoms with Gasteiger partial charge in [0, 0.05) is 7.05 Å². The molecule has 0 amide bonds. The van der Waals surface area contributed by atoms with E-state index in [0.717, 1.165) is 0 Å². The number of hydrogen-bond acceptors (Lipinski definition) is 3. The van der Waals surface area contributed by atoms with Gasteiger partial charge in [-0.15, -0.1) is 0 Å². The molecule has 0 aliphatic carbocycles. The van der Waals surface area contributed by atoms with Gasteiger partial charge >= 0.3 is 0 Å². The molecule has 1 heterocycles. The Morgan fingerprint density at radius 3 is 2.71 bits per heavy atom. The summed E-state index contributed by atoms with van der Waals surface area (Å²) in [5, 5.41) is 14.4. The highest BCUT2D eigenvalue weighted by Crippen LogP contribution is 2.22. The van der Waals surface area contributed by atoms with E-state index in [-0.39, 0.29) is 6.61 Å². The third kappa shape index (κ3) is 2.78. The smallest absolute Gasteiger partial charge is 0.131 e. The Hall–Kier alpha value is -1.52. The van der Waals surface area contributed by atoms with E-state index in [2.05, 4.69) is 5.10 Å². The number of aromatic nitrogens is 2. The molecule has 2 aromatic rings. The van der Waals surface area contributed by atoms with E-state index < -0.39 is 6.10 Å². The standard InChI is InChI=1S/C12H13ClN2O2/c1-15-12(10(13)7-14-15)11(16)8-17-9-5-3-2-4-6-9/h2-7,11,16H,8H2,1H3. The molecule has 0 spiro atoms. The van der Waals surface area contributed by atoms with Crippen molar-refractivity contribution in [1.82, 2.24) is 9.78 Å². The van der Waals surface area contributed by atoms with Crippen molar-refractivity contribution >= 4 is 11.6 Å². The van der Waals surface area contributed by atoms with Crippen LogP contribution in [0.25, 0.3) is 0 Å². The number of ether oxygens (including phenoxy) is 1. The van der Waals surface area contributed by atoms with Crippen LogP contribution in [-0.2, 0) is 7.05 Å². The van der Waals surface area contributed by atoms with E-state index in [0.29, 0.717) is 16.5 Å².